The molecule has 24 heavy (non-hydrogen) atoms. The molecule has 0 N–H and O–H groups in total. The third-order valence-electron chi connectivity index (χ3n) is 3.92. The van der Waals surface area contributed by atoms with Gasteiger partial charge < -0.3 is 9.64 Å². The van der Waals surface area contributed by atoms with E-state index >= 15 is 0 Å². The Balaban J connectivity index is 1.97. The predicted molar refractivity (Wildman–Crippen MR) is 94.0 cm³/mol. The maximum atomic E-state index is 12.5. The normalized spacial score (nSPS) is 18.8. The molecule has 0 bridgehead atoms. The Morgan fingerprint density at radius 1 is 1.38 bits per heavy atom. The minimum atomic E-state index is -0.474. The smallest absolute Gasteiger partial charge is 0.410 e. The first kappa shape index (κ1) is 18.9. The summed E-state index contributed by atoms with van der Waals surface area (Å²) in [5.74, 6) is 0. The van der Waals surface area contributed by atoms with Gasteiger partial charge in [-0.3, -0.25) is 9.88 Å². The summed E-state index contributed by atoms with van der Waals surface area (Å²) in [6.45, 7) is 7.79. The van der Waals surface area contributed by atoms with Crippen LogP contribution in [0.2, 0.25) is 5.15 Å². The second kappa shape index (κ2) is 8.12. The summed E-state index contributed by atoms with van der Waals surface area (Å²) in [6, 6.07) is 0.147. The van der Waals surface area contributed by atoms with Crippen molar-refractivity contribution in [3.05, 3.63) is 23.2 Å². The van der Waals surface area contributed by atoms with Crippen LogP contribution in [0.3, 0.4) is 0 Å². The average molecular weight is 355 g/mol. The number of likely N-dealkylation sites (tertiary alicyclic amines) is 1. The van der Waals surface area contributed by atoms with Crippen molar-refractivity contribution < 1.29 is 9.53 Å². The van der Waals surface area contributed by atoms with Crippen molar-refractivity contribution in [3.63, 3.8) is 0 Å². The molecule has 1 saturated heterocycles. The maximum absolute atomic E-state index is 12.5. The number of halogens is 1. The van der Waals surface area contributed by atoms with Gasteiger partial charge in [-0.1, -0.05) is 11.6 Å². The van der Waals surface area contributed by atoms with Crippen LogP contribution in [-0.2, 0) is 11.3 Å². The minimum Gasteiger partial charge on any atom is -0.444 e. The van der Waals surface area contributed by atoms with Gasteiger partial charge in [0.15, 0.2) is 5.15 Å². The fourth-order valence-electron chi connectivity index (χ4n) is 2.89. The monoisotopic (exact) mass is 354 g/mol. The van der Waals surface area contributed by atoms with E-state index in [9.17, 15) is 4.79 Å². The van der Waals surface area contributed by atoms with Gasteiger partial charge in [-0.05, 0) is 47.1 Å². The van der Waals surface area contributed by atoms with Crippen LogP contribution in [0.4, 0.5) is 4.79 Å². The summed E-state index contributed by atoms with van der Waals surface area (Å²) in [7, 11) is 2.01. The first-order chi connectivity index (χ1) is 11.3. The molecule has 0 aromatic carbocycles. The zero-order valence-corrected chi connectivity index (χ0v) is 15.7. The Bertz CT molecular complexity index is 562. The highest BCUT2D eigenvalue weighted by Crippen LogP contribution is 2.21. The van der Waals surface area contributed by atoms with E-state index in [0.717, 1.165) is 38.0 Å². The molecule has 1 aromatic rings. The van der Waals surface area contributed by atoms with Gasteiger partial charge in [0.1, 0.15) is 5.60 Å². The highest BCUT2D eigenvalue weighted by atomic mass is 35.5. The number of carbonyl (C=O) groups is 1. The topological polar surface area (TPSA) is 58.6 Å². The van der Waals surface area contributed by atoms with Crippen molar-refractivity contribution >= 4 is 17.7 Å². The van der Waals surface area contributed by atoms with Gasteiger partial charge in [-0.25, -0.2) is 9.78 Å². The van der Waals surface area contributed by atoms with Gasteiger partial charge in [0.25, 0.3) is 0 Å². The summed E-state index contributed by atoms with van der Waals surface area (Å²) in [5.41, 5.74) is 0.277. The molecule has 134 valence electrons. The third-order valence-corrected chi connectivity index (χ3v) is 4.24. The van der Waals surface area contributed by atoms with Crippen LogP contribution in [0, 0.1) is 0 Å². The molecule has 1 aliphatic rings. The standard InChI is InChI=1S/C17H27ClN4O2/c1-17(2,3)24-16(23)22-10-6-5-7-13(22)11-21(4)12-14-15(18)20-9-8-19-14/h8-9,13H,5-7,10-12H2,1-4H3. The molecule has 0 aliphatic carbocycles. The molecule has 0 spiro atoms. The van der Waals surface area contributed by atoms with E-state index in [2.05, 4.69) is 14.9 Å². The molecule has 6 nitrogen and oxygen atoms in total. The number of hydrogen-bond acceptors (Lipinski definition) is 5. The van der Waals surface area contributed by atoms with E-state index in [1.165, 1.54) is 0 Å². The van der Waals surface area contributed by atoms with Crippen molar-refractivity contribution in [3.8, 4) is 0 Å². The van der Waals surface area contributed by atoms with Gasteiger partial charge in [0, 0.05) is 38.1 Å². The third kappa shape index (κ3) is 5.60. The quantitative estimate of drug-likeness (QED) is 0.829. The van der Waals surface area contributed by atoms with Crippen LogP contribution in [0.25, 0.3) is 0 Å². The number of ether oxygens (including phenoxy) is 1. The van der Waals surface area contributed by atoms with Gasteiger partial charge in [-0.2, -0.15) is 0 Å². The molecule has 1 aromatic heterocycles. The minimum absolute atomic E-state index is 0.147. The Kier molecular flexibility index (Phi) is 6.40. The van der Waals surface area contributed by atoms with Crippen LogP contribution in [0.5, 0.6) is 0 Å². The molecule has 1 atom stereocenters. The summed E-state index contributed by atoms with van der Waals surface area (Å²) >= 11 is 6.08. The fourth-order valence-corrected chi connectivity index (χ4v) is 3.05. The molecule has 0 radical (unpaired) electrons. The molecule has 1 unspecified atom stereocenters. The summed E-state index contributed by atoms with van der Waals surface area (Å²) in [5, 5.41) is 0.428. The Hall–Kier alpha value is -1.40. The second-order valence-corrected chi connectivity index (χ2v) is 7.67. The van der Waals surface area contributed by atoms with Crippen LogP contribution < -0.4 is 0 Å². The number of carbonyl (C=O) groups excluding carboxylic acids is 1. The van der Waals surface area contributed by atoms with E-state index in [1.807, 2.05) is 32.7 Å². The number of rotatable bonds is 4. The molecule has 2 rings (SSSR count). The SMILES string of the molecule is CN(Cc1nccnc1Cl)CC1CCCCN1C(=O)OC(C)(C)C. The van der Waals surface area contributed by atoms with Gasteiger partial charge >= 0.3 is 6.09 Å². The van der Waals surface area contributed by atoms with E-state index < -0.39 is 5.60 Å². The Morgan fingerprint density at radius 3 is 2.75 bits per heavy atom. The van der Waals surface area contributed by atoms with Gasteiger partial charge in [0.05, 0.1) is 5.69 Å². The van der Waals surface area contributed by atoms with Crippen molar-refractivity contribution in [1.82, 2.24) is 19.8 Å². The van der Waals surface area contributed by atoms with Crippen LogP contribution in [-0.4, -0.2) is 57.6 Å². The van der Waals surface area contributed by atoms with Crippen molar-refractivity contribution in [1.29, 1.82) is 0 Å². The van der Waals surface area contributed by atoms with Crippen molar-refractivity contribution in [2.24, 2.45) is 0 Å². The van der Waals surface area contributed by atoms with Crippen LogP contribution in [0.1, 0.15) is 45.7 Å². The number of nitrogens with zero attached hydrogens (tertiary/aromatic N) is 4. The van der Waals surface area contributed by atoms with E-state index in [1.54, 1.807) is 12.4 Å². The molecule has 7 heteroatoms. The fraction of sp³-hybridized carbons (Fsp3) is 0.706. The van der Waals surface area contributed by atoms with E-state index in [0.29, 0.717) is 11.7 Å². The van der Waals surface area contributed by atoms with Gasteiger partial charge in [-0.15, -0.1) is 0 Å². The lowest BCUT2D eigenvalue weighted by atomic mass is 10.0. The second-order valence-electron chi connectivity index (χ2n) is 7.31. The largest absolute Gasteiger partial charge is 0.444 e. The Labute approximate surface area is 149 Å². The lowest BCUT2D eigenvalue weighted by Gasteiger charge is -2.38. The zero-order chi connectivity index (χ0) is 17.7. The van der Waals surface area contributed by atoms with Crippen LogP contribution >= 0.6 is 11.6 Å². The summed E-state index contributed by atoms with van der Waals surface area (Å²) in [6.07, 6.45) is 6.13. The molecule has 1 amide bonds. The molecule has 1 fully saturated rings. The highest BCUT2D eigenvalue weighted by Gasteiger charge is 2.31. The molecular weight excluding hydrogens is 328 g/mol. The van der Waals surface area contributed by atoms with Crippen molar-refractivity contribution in [2.45, 2.75) is 58.2 Å². The summed E-state index contributed by atoms with van der Waals surface area (Å²) < 4.78 is 5.55. The number of piperidine rings is 1. The average Bonchev–Trinajstić information content (AvgIpc) is 2.48. The van der Waals surface area contributed by atoms with Gasteiger partial charge in [0.2, 0.25) is 0 Å². The lowest BCUT2D eigenvalue weighted by Crippen LogP contribution is -2.50. The molecule has 0 saturated carbocycles. The zero-order valence-electron chi connectivity index (χ0n) is 15.0. The van der Waals surface area contributed by atoms with E-state index in [-0.39, 0.29) is 12.1 Å². The first-order valence-electron chi connectivity index (χ1n) is 8.40. The number of aromatic nitrogens is 2. The Morgan fingerprint density at radius 2 is 2.08 bits per heavy atom. The summed E-state index contributed by atoms with van der Waals surface area (Å²) in [4.78, 5) is 24.8. The molecule has 1 aliphatic heterocycles. The molecular formula is C17H27ClN4O2. The molecule has 2 heterocycles. The number of amides is 1. The maximum Gasteiger partial charge on any atom is 0.410 e. The van der Waals surface area contributed by atoms with Crippen molar-refractivity contribution in [2.75, 3.05) is 20.1 Å². The lowest BCUT2D eigenvalue weighted by molar-refractivity contribution is 0.00583. The number of hydrogen-bond donors (Lipinski definition) is 0. The predicted octanol–water partition coefficient (Wildman–Crippen LogP) is 3.35. The first-order valence-corrected chi connectivity index (χ1v) is 8.77. The highest BCUT2D eigenvalue weighted by molar-refractivity contribution is 6.29. The van der Waals surface area contributed by atoms with Crippen LogP contribution in [0.15, 0.2) is 12.4 Å². The number of likely N-dealkylation sites (N-methyl/N-ethyl adjacent to an activating group) is 1. The van der Waals surface area contributed by atoms with E-state index in [4.69, 9.17) is 16.3 Å².